The van der Waals surface area contributed by atoms with Crippen LogP contribution in [0.2, 0.25) is 0 Å². The van der Waals surface area contributed by atoms with Crippen LogP contribution in [0.25, 0.3) is 0 Å². The summed E-state index contributed by atoms with van der Waals surface area (Å²) in [6, 6.07) is 10.4. The van der Waals surface area contributed by atoms with Crippen LogP contribution in [-0.2, 0) is 12.3 Å². The third kappa shape index (κ3) is 3.90. The van der Waals surface area contributed by atoms with Crippen molar-refractivity contribution in [1.82, 2.24) is 5.32 Å². The highest BCUT2D eigenvalue weighted by atomic mass is 79.9. The third-order valence-electron chi connectivity index (χ3n) is 2.54. The lowest BCUT2D eigenvalue weighted by Gasteiger charge is -2.09. The predicted octanol–water partition coefficient (Wildman–Crippen LogP) is 4.44. The summed E-state index contributed by atoms with van der Waals surface area (Å²) in [7, 11) is 0. The van der Waals surface area contributed by atoms with E-state index in [0.717, 1.165) is 29.1 Å². The number of hydrogen-bond acceptors (Lipinski definition) is 3. The van der Waals surface area contributed by atoms with Gasteiger partial charge in [-0.1, -0.05) is 28.9 Å². The maximum Gasteiger partial charge on any atom is 0.113 e. The Labute approximate surface area is 120 Å². The molecule has 1 N–H and O–H groups in total. The molecule has 96 valence electrons. The molecule has 2 rings (SSSR count). The van der Waals surface area contributed by atoms with Gasteiger partial charge >= 0.3 is 0 Å². The van der Waals surface area contributed by atoms with Crippen LogP contribution in [0.5, 0.6) is 0 Å². The summed E-state index contributed by atoms with van der Waals surface area (Å²) < 4.78 is 6.47. The second kappa shape index (κ2) is 7.02. The fourth-order valence-corrected chi connectivity index (χ4v) is 3.12. The summed E-state index contributed by atoms with van der Waals surface area (Å²) in [5.74, 6) is 1.87. The van der Waals surface area contributed by atoms with Crippen LogP contribution in [-0.4, -0.2) is 6.54 Å². The molecule has 0 aliphatic carbocycles. The zero-order chi connectivity index (χ0) is 12.8. The molecule has 4 heteroatoms. The maximum absolute atomic E-state index is 5.36. The summed E-state index contributed by atoms with van der Waals surface area (Å²) in [4.78, 5) is 1.29. The summed E-state index contributed by atoms with van der Waals surface area (Å²) in [6.07, 6.45) is 1.72. The van der Waals surface area contributed by atoms with Gasteiger partial charge in [-0.25, -0.2) is 0 Å². The monoisotopic (exact) mass is 325 g/mol. The zero-order valence-electron chi connectivity index (χ0n) is 10.3. The first-order chi connectivity index (χ1) is 8.79. The molecule has 18 heavy (non-hydrogen) atoms. The van der Waals surface area contributed by atoms with E-state index in [0.29, 0.717) is 0 Å². The molecule has 0 unspecified atom stereocenters. The predicted molar refractivity (Wildman–Crippen MR) is 79.8 cm³/mol. The molecule has 0 saturated carbocycles. The standard InChI is InChI=1S/C14H16BrNOS/c1-2-16-9-11-5-6-12(15)8-14(11)18-10-13-4-3-7-17-13/h3-8,16H,2,9-10H2,1H3. The molecule has 0 aliphatic heterocycles. The van der Waals surface area contributed by atoms with Gasteiger partial charge in [0.15, 0.2) is 0 Å². The summed E-state index contributed by atoms with van der Waals surface area (Å²) in [6.45, 7) is 4.01. The van der Waals surface area contributed by atoms with Gasteiger partial charge in [-0.3, -0.25) is 0 Å². The van der Waals surface area contributed by atoms with Crippen LogP contribution < -0.4 is 5.32 Å². The Morgan fingerprint density at radius 1 is 1.33 bits per heavy atom. The first-order valence-electron chi connectivity index (χ1n) is 5.94. The molecule has 0 amide bonds. The molecular weight excluding hydrogens is 310 g/mol. The van der Waals surface area contributed by atoms with Crippen LogP contribution in [0.15, 0.2) is 50.4 Å². The summed E-state index contributed by atoms with van der Waals surface area (Å²) >= 11 is 5.33. The van der Waals surface area contributed by atoms with Crippen molar-refractivity contribution in [3.8, 4) is 0 Å². The lowest BCUT2D eigenvalue weighted by atomic mass is 10.2. The van der Waals surface area contributed by atoms with E-state index in [9.17, 15) is 0 Å². The molecule has 0 aliphatic rings. The Balaban J connectivity index is 2.06. The number of thioether (sulfide) groups is 1. The van der Waals surface area contributed by atoms with Gasteiger partial charge < -0.3 is 9.73 Å². The molecule has 1 heterocycles. The first-order valence-corrected chi connectivity index (χ1v) is 7.71. The van der Waals surface area contributed by atoms with Crippen molar-refractivity contribution in [2.75, 3.05) is 6.54 Å². The van der Waals surface area contributed by atoms with Crippen molar-refractivity contribution in [3.05, 3.63) is 52.4 Å². The first kappa shape index (κ1) is 13.7. The molecule has 0 atom stereocenters. The Kier molecular flexibility index (Phi) is 5.35. The molecule has 2 nitrogen and oxygen atoms in total. The second-order valence-electron chi connectivity index (χ2n) is 3.90. The van der Waals surface area contributed by atoms with Crippen molar-refractivity contribution in [1.29, 1.82) is 0 Å². The number of furan rings is 1. The topological polar surface area (TPSA) is 25.2 Å². The van der Waals surface area contributed by atoms with Gasteiger partial charge in [-0.15, -0.1) is 11.8 Å². The Bertz CT molecular complexity index is 485. The minimum absolute atomic E-state index is 0.864. The SMILES string of the molecule is CCNCc1ccc(Br)cc1SCc1ccco1. The number of nitrogens with one attached hydrogen (secondary N) is 1. The van der Waals surface area contributed by atoms with Crippen LogP contribution in [0.1, 0.15) is 18.2 Å². The molecule has 1 aromatic carbocycles. The molecule has 2 aromatic rings. The quantitative estimate of drug-likeness (QED) is 0.794. The summed E-state index contributed by atoms with van der Waals surface area (Å²) in [5.41, 5.74) is 1.33. The van der Waals surface area contributed by atoms with Crippen molar-refractivity contribution < 1.29 is 4.42 Å². The van der Waals surface area contributed by atoms with Crippen molar-refractivity contribution in [2.45, 2.75) is 24.1 Å². The molecule has 0 spiro atoms. The molecule has 1 aromatic heterocycles. The van der Waals surface area contributed by atoms with Crippen molar-refractivity contribution in [3.63, 3.8) is 0 Å². The van der Waals surface area contributed by atoms with Gasteiger partial charge in [0, 0.05) is 15.9 Å². The van der Waals surface area contributed by atoms with Crippen molar-refractivity contribution >= 4 is 27.7 Å². The number of benzene rings is 1. The van der Waals surface area contributed by atoms with E-state index in [1.165, 1.54) is 10.5 Å². The van der Waals surface area contributed by atoms with Gasteiger partial charge in [0.05, 0.1) is 12.0 Å². The highest BCUT2D eigenvalue weighted by molar-refractivity contribution is 9.10. The smallest absolute Gasteiger partial charge is 0.113 e. The second-order valence-corrected chi connectivity index (χ2v) is 5.83. The van der Waals surface area contributed by atoms with Gasteiger partial charge in [0.1, 0.15) is 5.76 Å². The van der Waals surface area contributed by atoms with E-state index in [1.807, 2.05) is 12.1 Å². The van der Waals surface area contributed by atoms with Gasteiger partial charge in [0.2, 0.25) is 0 Å². The van der Waals surface area contributed by atoms with Crippen LogP contribution >= 0.6 is 27.7 Å². The minimum Gasteiger partial charge on any atom is -0.468 e. The van der Waals surface area contributed by atoms with Crippen LogP contribution in [0.4, 0.5) is 0 Å². The zero-order valence-corrected chi connectivity index (χ0v) is 12.7. The lowest BCUT2D eigenvalue weighted by molar-refractivity contribution is 0.530. The lowest BCUT2D eigenvalue weighted by Crippen LogP contribution is -2.12. The number of hydrogen-bond donors (Lipinski definition) is 1. The molecule has 0 fully saturated rings. The largest absolute Gasteiger partial charge is 0.468 e. The molecular formula is C14H16BrNOS. The van der Waals surface area contributed by atoms with E-state index in [4.69, 9.17) is 4.42 Å². The van der Waals surface area contributed by atoms with Crippen molar-refractivity contribution in [2.24, 2.45) is 0 Å². The highest BCUT2D eigenvalue weighted by Gasteiger charge is 2.05. The van der Waals surface area contributed by atoms with Crippen LogP contribution in [0, 0.1) is 0 Å². The molecule has 0 bridgehead atoms. The van der Waals surface area contributed by atoms with E-state index in [-0.39, 0.29) is 0 Å². The van der Waals surface area contributed by atoms with E-state index in [2.05, 4.69) is 46.4 Å². The summed E-state index contributed by atoms with van der Waals surface area (Å²) in [5, 5.41) is 3.37. The van der Waals surface area contributed by atoms with Gasteiger partial charge in [-0.2, -0.15) is 0 Å². The molecule has 0 saturated heterocycles. The number of halogens is 1. The highest BCUT2D eigenvalue weighted by Crippen LogP contribution is 2.29. The third-order valence-corrected chi connectivity index (χ3v) is 4.16. The maximum atomic E-state index is 5.36. The fraction of sp³-hybridized carbons (Fsp3) is 0.286. The number of rotatable bonds is 6. The van der Waals surface area contributed by atoms with E-state index < -0.39 is 0 Å². The molecule has 0 radical (unpaired) electrons. The normalized spacial score (nSPS) is 10.8. The Morgan fingerprint density at radius 2 is 2.22 bits per heavy atom. The van der Waals surface area contributed by atoms with E-state index in [1.54, 1.807) is 18.0 Å². The average molecular weight is 326 g/mol. The minimum atomic E-state index is 0.864. The van der Waals surface area contributed by atoms with Gasteiger partial charge in [0.25, 0.3) is 0 Å². The van der Waals surface area contributed by atoms with Gasteiger partial charge in [-0.05, 0) is 36.4 Å². The average Bonchev–Trinajstić information content (AvgIpc) is 2.88. The fourth-order valence-electron chi connectivity index (χ4n) is 1.61. The van der Waals surface area contributed by atoms with Crippen LogP contribution in [0.3, 0.4) is 0 Å². The Morgan fingerprint density at radius 3 is 2.94 bits per heavy atom. The van der Waals surface area contributed by atoms with E-state index >= 15 is 0 Å². The Hall–Kier alpha value is -0.710.